The molecule has 1 amide bonds. The van der Waals surface area contributed by atoms with Crippen LogP contribution in [0.5, 0.6) is 0 Å². The molecular weight excluding hydrogens is 299 g/mol. The highest BCUT2D eigenvalue weighted by Gasteiger charge is 2.30. The van der Waals surface area contributed by atoms with Crippen molar-refractivity contribution in [2.45, 2.75) is 19.6 Å². The summed E-state index contributed by atoms with van der Waals surface area (Å²) >= 11 is 0. The molecule has 0 saturated carbocycles. The van der Waals surface area contributed by atoms with Crippen molar-refractivity contribution in [1.82, 2.24) is 9.55 Å². The topological polar surface area (TPSA) is 64.0 Å². The van der Waals surface area contributed by atoms with Gasteiger partial charge in [0.15, 0.2) is 0 Å². The van der Waals surface area contributed by atoms with Crippen LogP contribution in [0, 0.1) is 6.92 Å². The second-order valence-electron chi connectivity index (χ2n) is 4.62. The van der Waals surface area contributed by atoms with Gasteiger partial charge in [-0.25, -0.2) is 4.98 Å². The lowest BCUT2D eigenvalue weighted by atomic mass is 10.2. The van der Waals surface area contributed by atoms with Crippen LogP contribution in [0.4, 0.5) is 18.9 Å². The van der Waals surface area contributed by atoms with Crippen molar-refractivity contribution in [2.75, 3.05) is 5.32 Å². The number of hydrogen-bond donors (Lipinski definition) is 1. The Morgan fingerprint density at radius 3 is 2.68 bits per heavy atom. The molecule has 0 aliphatic rings. The van der Waals surface area contributed by atoms with Crippen LogP contribution in [0.3, 0.4) is 0 Å². The predicted molar refractivity (Wildman–Crippen MR) is 73.3 cm³/mol. The molecular formula is C14H12F3N3O2. The van der Waals surface area contributed by atoms with E-state index < -0.39 is 23.2 Å². The number of aromatic nitrogens is 2. The molecule has 2 rings (SSSR count). The second-order valence-corrected chi connectivity index (χ2v) is 4.62. The van der Waals surface area contributed by atoms with Crippen LogP contribution in [0.25, 0.3) is 0 Å². The van der Waals surface area contributed by atoms with Crippen LogP contribution >= 0.6 is 0 Å². The highest BCUT2D eigenvalue weighted by Crippen LogP contribution is 2.30. The first kappa shape index (κ1) is 15.7. The van der Waals surface area contributed by atoms with Crippen LogP contribution in [-0.2, 0) is 17.5 Å². The minimum Gasteiger partial charge on any atom is -0.325 e. The van der Waals surface area contributed by atoms with Crippen molar-refractivity contribution < 1.29 is 18.0 Å². The molecule has 8 heteroatoms. The Hall–Kier alpha value is -2.64. The van der Waals surface area contributed by atoms with Gasteiger partial charge in [-0.1, -0.05) is 6.07 Å². The third-order valence-electron chi connectivity index (χ3n) is 2.80. The number of aryl methyl sites for hydroxylation is 1. The fourth-order valence-electron chi connectivity index (χ4n) is 1.76. The van der Waals surface area contributed by atoms with Gasteiger partial charge in [-0.15, -0.1) is 0 Å². The van der Waals surface area contributed by atoms with Crippen LogP contribution in [-0.4, -0.2) is 15.5 Å². The summed E-state index contributed by atoms with van der Waals surface area (Å²) in [6.07, 6.45) is -3.28. The molecule has 0 aliphatic heterocycles. The highest BCUT2D eigenvalue weighted by atomic mass is 19.4. The number of benzene rings is 1. The molecule has 2 aromatic rings. The Kier molecular flexibility index (Phi) is 4.30. The number of hydrogen-bond acceptors (Lipinski definition) is 3. The van der Waals surface area contributed by atoms with E-state index in [1.807, 2.05) is 0 Å². The number of nitrogens with zero attached hydrogens (tertiary/aromatic N) is 2. The van der Waals surface area contributed by atoms with Crippen molar-refractivity contribution in [1.29, 1.82) is 0 Å². The molecule has 116 valence electrons. The van der Waals surface area contributed by atoms with E-state index in [0.29, 0.717) is 5.69 Å². The van der Waals surface area contributed by atoms with Crippen molar-refractivity contribution in [3.05, 3.63) is 58.3 Å². The summed E-state index contributed by atoms with van der Waals surface area (Å²) in [5.74, 6) is -0.618. The highest BCUT2D eigenvalue weighted by molar-refractivity contribution is 5.90. The van der Waals surface area contributed by atoms with Gasteiger partial charge in [0.2, 0.25) is 5.91 Å². The van der Waals surface area contributed by atoms with E-state index in [9.17, 15) is 22.8 Å². The quantitative estimate of drug-likeness (QED) is 0.945. The van der Waals surface area contributed by atoms with Gasteiger partial charge in [0.05, 0.1) is 11.9 Å². The van der Waals surface area contributed by atoms with E-state index in [0.717, 1.165) is 16.7 Å². The van der Waals surface area contributed by atoms with Crippen molar-refractivity contribution in [3.63, 3.8) is 0 Å². The molecule has 5 nitrogen and oxygen atoms in total. The number of carbonyl (C=O) groups excluding carboxylic acids is 1. The molecule has 1 N–H and O–H groups in total. The Morgan fingerprint density at radius 1 is 1.32 bits per heavy atom. The molecule has 0 fully saturated rings. The number of carbonyl (C=O) groups is 1. The molecule has 0 saturated heterocycles. The van der Waals surface area contributed by atoms with E-state index in [1.165, 1.54) is 24.5 Å². The molecule has 0 aliphatic carbocycles. The fourth-order valence-corrected chi connectivity index (χ4v) is 1.76. The summed E-state index contributed by atoms with van der Waals surface area (Å²) < 4.78 is 38.8. The number of anilines is 1. The first-order valence-corrected chi connectivity index (χ1v) is 6.26. The summed E-state index contributed by atoms with van der Waals surface area (Å²) in [5, 5.41) is 2.32. The predicted octanol–water partition coefficient (Wildman–Crippen LogP) is 2.21. The number of rotatable bonds is 3. The van der Waals surface area contributed by atoms with Crippen molar-refractivity contribution in [2.24, 2.45) is 0 Å². The van der Waals surface area contributed by atoms with Crippen molar-refractivity contribution in [3.8, 4) is 0 Å². The maximum atomic E-state index is 12.6. The summed E-state index contributed by atoms with van der Waals surface area (Å²) in [6, 6.07) is 5.52. The Morgan fingerprint density at radius 2 is 2.05 bits per heavy atom. The maximum absolute atomic E-state index is 12.6. The average Bonchev–Trinajstić information content (AvgIpc) is 2.41. The zero-order valence-electron chi connectivity index (χ0n) is 11.5. The Labute approximate surface area is 123 Å². The molecule has 1 aromatic heterocycles. The standard InChI is InChI=1S/C14H12F3N3O2/c1-9-5-13(22)20(8-18-9)7-12(21)19-11-4-2-3-10(6-11)14(15,16)17/h2-6,8H,7H2,1H3,(H,19,21). The summed E-state index contributed by atoms with van der Waals surface area (Å²) in [5.41, 5.74) is -0.751. The third kappa shape index (κ3) is 3.94. The average molecular weight is 311 g/mol. The van der Waals surface area contributed by atoms with E-state index in [2.05, 4.69) is 10.3 Å². The molecule has 0 bridgehead atoms. The normalized spacial score (nSPS) is 11.3. The zero-order valence-corrected chi connectivity index (χ0v) is 11.5. The lowest BCUT2D eigenvalue weighted by Gasteiger charge is -2.10. The fraction of sp³-hybridized carbons (Fsp3) is 0.214. The number of halogens is 3. The number of nitrogens with one attached hydrogen (secondary N) is 1. The first-order valence-electron chi connectivity index (χ1n) is 6.26. The smallest absolute Gasteiger partial charge is 0.325 e. The van der Waals surface area contributed by atoms with Crippen LogP contribution in [0.15, 0.2) is 41.5 Å². The monoisotopic (exact) mass is 311 g/mol. The van der Waals surface area contributed by atoms with Crippen LogP contribution in [0.2, 0.25) is 0 Å². The molecule has 0 atom stereocenters. The number of alkyl halides is 3. The van der Waals surface area contributed by atoms with Gasteiger partial charge in [0, 0.05) is 17.4 Å². The molecule has 0 unspecified atom stereocenters. The Bertz CT molecular complexity index is 753. The Balaban J connectivity index is 2.11. The van der Waals surface area contributed by atoms with Gasteiger partial charge in [0.25, 0.3) is 5.56 Å². The van der Waals surface area contributed by atoms with Crippen LogP contribution in [0.1, 0.15) is 11.3 Å². The molecule has 0 spiro atoms. The van der Waals surface area contributed by atoms with Gasteiger partial charge in [-0.2, -0.15) is 13.2 Å². The lowest BCUT2D eigenvalue weighted by Crippen LogP contribution is -2.27. The van der Waals surface area contributed by atoms with Gasteiger partial charge < -0.3 is 5.32 Å². The summed E-state index contributed by atoms with van der Waals surface area (Å²) in [7, 11) is 0. The second kappa shape index (κ2) is 6.00. The molecule has 1 aromatic carbocycles. The molecule has 22 heavy (non-hydrogen) atoms. The SMILES string of the molecule is Cc1cc(=O)n(CC(=O)Nc2cccc(C(F)(F)F)c2)cn1. The summed E-state index contributed by atoms with van der Waals surface area (Å²) in [6.45, 7) is 1.30. The van der Waals surface area contributed by atoms with Gasteiger partial charge in [-0.3, -0.25) is 14.2 Å². The van der Waals surface area contributed by atoms with E-state index in [1.54, 1.807) is 6.92 Å². The van der Waals surface area contributed by atoms with Gasteiger partial charge in [-0.05, 0) is 25.1 Å². The van der Waals surface area contributed by atoms with Crippen molar-refractivity contribution >= 4 is 11.6 Å². The number of amides is 1. The first-order chi connectivity index (χ1) is 10.3. The van der Waals surface area contributed by atoms with Gasteiger partial charge in [0.1, 0.15) is 6.54 Å². The molecule has 1 heterocycles. The third-order valence-corrected chi connectivity index (χ3v) is 2.80. The molecule has 0 radical (unpaired) electrons. The van der Waals surface area contributed by atoms with E-state index >= 15 is 0 Å². The minimum atomic E-state index is -4.49. The largest absolute Gasteiger partial charge is 0.416 e. The summed E-state index contributed by atoms with van der Waals surface area (Å²) in [4.78, 5) is 27.3. The van der Waals surface area contributed by atoms with E-state index in [4.69, 9.17) is 0 Å². The van der Waals surface area contributed by atoms with Crippen LogP contribution < -0.4 is 10.9 Å². The maximum Gasteiger partial charge on any atom is 0.416 e. The lowest BCUT2D eigenvalue weighted by molar-refractivity contribution is -0.137. The van der Waals surface area contributed by atoms with Gasteiger partial charge >= 0.3 is 6.18 Å². The van der Waals surface area contributed by atoms with E-state index in [-0.39, 0.29) is 12.2 Å². The minimum absolute atomic E-state index is 0.00736. The zero-order chi connectivity index (χ0) is 16.3.